The Bertz CT molecular complexity index is 809. The summed E-state index contributed by atoms with van der Waals surface area (Å²) in [5, 5.41) is 11.2. The Hall–Kier alpha value is -2.87. The van der Waals surface area contributed by atoms with Crippen LogP contribution in [0.4, 0.5) is 5.88 Å². The Morgan fingerprint density at radius 3 is 2.04 bits per heavy atom. The van der Waals surface area contributed by atoms with Gasteiger partial charge in [-0.15, -0.1) is 0 Å². The van der Waals surface area contributed by atoms with Crippen molar-refractivity contribution in [1.82, 2.24) is 9.80 Å². The molecule has 0 unspecified atom stereocenters. The highest BCUT2D eigenvalue weighted by Crippen LogP contribution is 2.19. The molecule has 1 aliphatic heterocycles. The second-order valence-electron chi connectivity index (χ2n) is 5.49. The van der Waals surface area contributed by atoms with Crippen LogP contribution in [-0.4, -0.2) is 52.7 Å². The van der Waals surface area contributed by atoms with Gasteiger partial charge in [0, 0.05) is 36.8 Å². The van der Waals surface area contributed by atoms with E-state index in [4.69, 9.17) is 16.0 Å². The third kappa shape index (κ3) is 3.63. The van der Waals surface area contributed by atoms with Crippen LogP contribution >= 0.6 is 11.6 Å². The number of nitrogens with zero attached hydrogens (tertiary/aromatic N) is 3. The fourth-order valence-corrected chi connectivity index (χ4v) is 2.71. The summed E-state index contributed by atoms with van der Waals surface area (Å²) >= 11 is 5.82. The minimum atomic E-state index is -0.695. The van der Waals surface area contributed by atoms with E-state index in [9.17, 15) is 19.7 Å². The number of amides is 2. The molecule has 1 fully saturated rings. The Kier molecular flexibility index (Phi) is 4.71. The molecule has 0 radical (unpaired) electrons. The van der Waals surface area contributed by atoms with Crippen LogP contribution in [0.5, 0.6) is 0 Å². The number of hydrogen-bond acceptors (Lipinski definition) is 5. The predicted molar refractivity (Wildman–Crippen MR) is 88.6 cm³/mol. The number of hydrogen-bond donors (Lipinski definition) is 0. The molecule has 2 aromatic rings. The zero-order valence-electron chi connectivity index (χ0n) is 13.1. The predicted octanol–water partition coefficient (Wildman–Crippen LogP) is 2.44. The van der Waals surface area contributed by atoms with Gasteiger partial charge in [-0.3, -0.25) is 19.7 Å². The first kappa shape index (κ1) is 17.0. The molecule has 0 saturated carbocycles. The molecule has 0 bridgehead atoms. The maximum atomic E-state index is 12.4. The van der Waals surface area contributed by atoms with Crippen LogP contribution in [0.3, 0.4) is 0 Å². The lowest BCUT2D eigenvalue weighted by atomic mass is 10.2. The van der Waals surface area contributed by atoms with Gasteiger partial charge in [0.2, 0.25) is 0 Å². The van der Waals surface area contributed by atoms with Crippen molar-refractivity contribution >= 4 is 29.3 Å². The summed E-state index contributed by atoms with van der Waals surface area (Å²) in [5.74, 6) is -1.10. The minimum Gasteiger partial charge on any atom is -0.395 e. The first-order valence-corrected chi connectivity index (χ1v) is 7.92. The number of piperazine rings is 1. The summed E-state index contributed by atoms with van der Waals surface area (Å²) in [6.45, 7) is 1.39. The summed E-state index contributed by atoms with van der Waals surface area (Å²) in [5.41, 5.74) is 0.533. The smallest absolute Gasteiger partial charge is 0.395 e. The third-order valence-electron chi connectivity index (χ3n) is 3.93. The maximum absolute atomic E-state index is 12.4. The molecule has 130 valence electrons. The summed E-state index contributed by atoms with van der Waals surface area (Å²) in [6.07, 6.45) is 0. The van der Waals surface area contributed by atoms with Gasteiger partial charge in [0.05, 0.1) is 6.07 Å². The van der Waals surface area contributed by atoms with E-state index < -0.39 is 16.7 Å². The minimum absolute atomic E-state index is 0.0795. The highest BCUT2D eigenvalue weighted by Gasteiger charge is 2.28. The molecule has 9 heteroatoms. The molecule has 0 aliphatic carbocycles. The van der Waals surface area contributed by atoms with Crippen LogP contribution in [-0.2, 0) is 0 Å². The number of rotatable bonds is 3. The Labute approximate surface area is 147 Å². The van der Waals surface area contributed by atoms with Crippen molar-refractivity contribution in [2.24, 2.45) is 0 Å². The molecule has 0 atom stereocenters. The highest BCUT2D eigenvalue weighted by atomic mass is 35.5. The van der Waals surface area contributed by atoms with Gasteiger partial charge < -0.3 is 14.2 Å². The second kappa shape index (κ2) is 6.94. The van der Waals surface area contributed by atoms with E-state index in [1.807, 2.05) is 0 Å². The molecular formula is C16H14ClN3O5. The van der Waals surface area contributed by atoms with Crippen molar-refractivity contribution in [1.29, 1.82) is 0 Å². The molecule has 1 saturated heterocycles. The average Bonchev–Trinajstić information content (AvgIpc) is 3.12. The second-order valence-corrected chi connectivity index (χ2v) is 5.92. The molecule has 1 aliphatic rings. The lowest BCUT2D eigenvalue weighted by Crippen LogP contribution is -2.50. The average molecular weight is 364 g/mol. The van der Waals surface area contributed by atoms with Crippen LogP contribution < -0.4 is 0 Å². The number of furan rings is 1. The van der Waals surface area contributed by atoms with Gasteiger partial charge in [0.15, 0.2) is 5.76 Å². The van der Waals surface area contributed by atoms with E-state index in [1.165, 1.54) is 11.0 Å². The standard InChI is InChI=1S/C16H14ClN3O5/c17-12-3-1-11(2-4-12)15(21)18-7-9-19(10-8-18)16(22)13-5-6-14(25-13)20(23)24/h1-6H,7-10H2. The highest BCUT2D eigenvalue weighted by molar-refractivity contribution is 6.30. The fraction of sp³-hybridized carbons (Fsp3) is 0.250. The quantitative estimate of drug-likeness (QED) is 0.616. The van der Waals surface area contributed by atoms with Crippen LogP contribution in [0.15, 0.2) is 40.8 Å². The summed E-state index contributed by atoms with van der Waals surface area (Å²) in [4.78, 5) is 37.8. The molecule has 8 nitrogen and oxygen atoms in total. The first-order chi connectivity index (χ1) is 12.0. The van der Waals surface area contributed by atoms with Crippen molar-refractivity contribution in [3.8, 4) is 0 Å². The molecule has 1 aromatic carbocycles. The van der Waals surface area contributed by atoms with Gasteiger partial charge in [0.25, 0.3) is 11.8 Å². The monoisotopic (exact) mass is 363 g/mol. The van der Waals surface area contributed by atoms with Crippen molar-refractivity contribution in [2.45, 2.75) is 0 Å². The van der Waals surface area contributed by atoms with Crippen molar-refractivity contribution < 1.29 is 18.9 Å². The van der Waals surface area contributed by atoms with Gasteiger partial charge in [-0.1, -0.05) is 11.6 Å². The normalized spacial score (nSPS) is 14.4. The molecule has 2 heterocycles. The Balaban J connectivity index is 1.61. The van der Waals surface area contributed by atoms with E-state index >= 15 is 0 Å². The number of carbonyl (C=O) groups excluding carboxylic acids is 2. The van der Waals surface area contributed by atoms with Crippen LogP contribution in [0.25, 0.3) is 0 Å². The van der Waals surface area contributed by atoms with Gasteiger partial charge >= 0.3 is 5.88 Å². The maximum Gasteiger partial charge on any atom is 0.433 e. The lowest BCUT2D eigenvalue weighted by molar-refractivity contribution is -0.402. The van der Waals surface area contributed by atoms with Gasteiger partial charge in [-0.25, -0.2) is 0 Å². The Morgan fingerprint density at radius 1 is 0.960 bits per heavy atom. The molecule has 0 spiro atoms. The van der Waals surface area contributed by atoms with Gasteiger partial charge in [-0.05, 0) is 30.3 Å². The van der Waals surface area contributed by atoms with Crippen molar-refractivity contribution in [2.75, 3.05) is 26.2 Å². The summed E-state index contributed by atoms with van der Waals surface area (Å²) in [7, 11) is 0. The van der Waals surface area contributed by atoms with E-state index in [1.54, 1.807) is 29.2 Å². The topological polar surface area (TPSA) is 96.9 Å². The Morgan fingerprint density at radius 2 is 1.52 bits per heavy atom. The van der Waals surface area contributed by atoms with Crippen molar-refractivity contribution in [3.63, 3.8) is 0 Å². The molecule has 25 heavy (non-hydrogen) atoms. The lowest BCUT2D eigenvalue weighted by Gasteiger charge is -2.34. The van der Waals surface area contributed by atoms with Gasteiger partial charge in [-0.2, -0.15) is 0 Å². The van der Waals surface area contributed by atoms with E-state index in [0.29, 0.717) is 36.8 Å². The van der Waals surface area contributed by atoms with E-state index in [2.05, 4.69) is 0 Å². The molecular weight excluding hydrogens is 350 g/mol. The molecule has 3 rings (SSSR count). The number of nitro groups is 1. The van der Waals surface area contributed by atoms with E-state index in [-0.39, 0.29) is 11.7 Å². The first-order valence-electron chi connectivity index (χ1n) is 7.54. The molecule has 2 amide bonds. The summed E-state index contributed by atoms with van der Waals surface area (Å²) in [6, 6.07) is 9.05. The van der Waals surface area contributed by atoms with E-state index in [0.717, 1.165) is 6.07 Å². The summed E-state index contributed by atoms with van der Waals surface area (Å²) < 4.78 is 4.93. The molecule has 1 aromatic heterocycles. The third-order valence-corrected chi connectivity index (χ3v) is 4.18. The number of halogens is 1. The van der Waals surface area contributed by atoms with Gasteiger partial charge in [0.1, 0.15) is 4.92 Å². The SMILES string of the molecule is O=C(c1ccc(Cl)cc1)N1CCN(C(=O)c2ccc([N+](=O)[O-])o2)CC1. The zero-order valence-corrected chi connectivity index (χ0v) is 13.8. The van der Waals surface area contributed by atoms with Crippen molar-refractivity contribution in [3.05, 3.63) is 62.9 Å². The van der Waals surface area contributed by atoms with Crippen LogP contribution in [0.1, 0.15) is 20.9 Å². The fourth-order valence-electron chi connectivity index (χ4n) is 2.58. The van der Waals surface area contributed by atoms with Crippen LogP contribution in [0.2, 0.25) is 5.02 Å². The largest absolute Gasteiger partial charge is 0.433 e. The molecule has 0 N–H and O–H groups in total. The zero-order chi connectivity index (χ0) is 18.0. The van der Waals surface area contributed by atoms with Crippen LogP contribution in [0, 0.1) is 10.1 Å². The number of carbonyl (C=O) groups is 2. The number of benzene rings is 1.